The summed E-state index contributed by atoms with van der Waals surface area (Å²) >= 11 is 7.89. The first kappa shape index (κ1) is 11.2. The van der Waals surface area contributed by atoms with Crippen molar-refractivity contribution in [2.45, 2.75) is 12.6 Å². The van der Waals surface area contributed by atoms with Crippen molar-refractivity contribution in [3.63, 3.8) is 0 Å². The molecule has 15 heavy (non-hydrogen) atoms. The Labute approximate surface area is 98.1 Å². The van der Waals surface area contributed by atoms with Crippen molar-refractivity contribution in [2.75, 3.05) is 23.9 Å². The summed E-state index contributed by atoms with van der Waals surface area (Å²) in [5.41, 5.74) is 0. The van der Waals surface area contributed by atoms with Gasteiger partial charge in [0.1, 0.15) is 0 Å². The zero-order chi connectivity index (χ0) is 10.7. The van der Waals surface area contributed by atoms with E-state index in [1.807, 2.05) is 11.8 Å². The van der Waals surface area contributed by atoms with Crippen molar-refractivity contribution in [1.82, 2.24) is 25.1 Å². The monoisotopic (exact) mass is 247 g/mol. The average Bonchev–Trinajstić information content (AvgIpc) is 2.65. The lowest BCUT2D eigenvalue weighted by Crippen LogP contribution is -2.43. The van der Waals surface area contributed by atoms with Gasteiger partial charge in [0.15, 0.2) is 5.82 Å². The molecule has 0 amide bonds. The zero-order valence-corrected chi connectivity index (χ0v) is 10.2. The van der Waals surface area contributed by atoms with E-state index in [2.05, 4.69) is 20.3 Å². The van der Waals surface area contributed by atoms with Crippen LogP contribution in [-0.4, -0.2) is 55.1 Å². The van der Waals surface area contributed by atoms with E-state index in [9.17, 15) is 0 Å². The second-order valence-corrected chi connectivity index (χ2v) is 5.01. The maximum atomic E-state index is 5.93. The van der Waals surface area contributed by atoms with Crippen molar-refractivity contribution in [2.24, 2.45) is 7.05 Å². The van der Waals surface area contributed by atoms with Gasteiger partial charge < -0.3 is 0 Å². The molecule has 1 fully saturated rings. The number of alkyl halides is 1. The van der Waals surface area contributed by atoms with Crippen LogP contribution in [0.4, 0.5) is 0 Å². The molecule has 0 bridgehead atoms. The molecular formula is C8H14ClN5S. The van der Waals surface area contributed by atoms with Gasteiger partial charge in [-0.1, -0.05) is 0 Å². The maximum Gasteiger partial charge on any atom is 0.188 e. The van der Waals surface area contributed by atoms with Crippen LogP contribution < -0.4 is 0 Å². The van der Waals surface area contributed by atoms with Crippen LogP contribution in [0.1, 0.15) is 5.82 Å². The van der Waals surface area contributed by atoms with Gasteiger partial charge in [-0.3, -0.25) is 4.90 Å². The second-order valence-electron chi connectivity index (χ2n) is 3.55. The molecule has 1 unspecified atom stereocenters. The number of rotatable bonds is 3. The molecule has 0 radical (unpaired) electrons. The Hall–Kier alpha value is -0.330. The third kappa shape index (κ3) is 2.83. The quantitative estimate of drug-likeness (QED) is 0.723. The van der Waals surface area contributed by atoms with Gasteiger partial charge in [-0.15, -0.1) is 21.8 Å². The highest BCUT2D eigenvalue weighted by Gasteiger charge is 2.23. The fourth-order valence-corrected chi connectivity index (χ4v) is 3.17. The third-order valence-corrected chi connectivity index (χ3v) is 3.87. The standard InChI is InChI=1S/C8H14ClN5S/c1-13-11-8(10-12-13)5-14-2-3-15-6-7(14)4-9/h7H,2-6H2,1H3. The molecule has 0 aromatic carbocycles. The molecule has 7 heteroatoms. The number of aryl methyl sites for hydroxylation is 1. The summed E-state index contributed by atoms with van der Waals surface area (Å²) in [7, 11) is 1.78. The molecule has 2 heterocycles. The minimum atomic E-state index is 0.439. The van der Waals surface area contributed by atoms with E-state index in [0.717, 1.165) is 30.4 Å². The number of aromatic nitrogens is 4. The Balaban J connectivity index is 1.97. The minimum absolute atomic E-state index is 0.439. The van der Waals surface area contributed by atoms with Gasteiger partial charge in [0, 0.05) is 30.0 Å². The number of halogens is 1. The van der Waals surface area contributed by atoms with Crippen molar-refractivity contribution < 1.29 is 0 Å². The fraction of sp³-hybridized carbons (Fsp3) is 0.875. The molecule has 0 aliphatic carbocycles. The number of nitrogens with zero attached hydrogens (tertiary/aromatic N) is 5. The first-order valence-electron chi connectivity index (χ1n) is 4.90. The third-order valence-electron chi connectivity index (χ3n) is 2.42. The highest BCUT2D eigenvalue weighted by molar-refractivity contribution is 7.99. The number of hydrogen-bond acceptors (Lipinski definition) is 5. The van der Waals surface area contributed by atoms with E-state index in [1.165, 1.54) is 4.80 Å². The molecule has 1 saturated heterocycles. The van der Waals surface area contributed by atoms with Gasteiger partial charge in [0.25, 0.3) is 0 Å². The van der Waals surface area contributed by atoms with Gasteiger partial charge in [0.05, 0.1) is 13.6 Å². The minimum Gasteiger partial charge on any atom is -0.290 e. The molecule has 1 aromatic heterocycles. The predicted molar refractivity (Wildman–Crippen MR) is 61.0 cm³/mol. The van der Waals surface area contributed by atoms with Crippen molar-refractivity contribution >= 4 is 23.4 Å². The van der Waals surface area contributed by atoms with Crippen LogP contribution in [0, 0.1) is 0 Å². The van der Waals surface area contributed by atoms with Crippen LogP contribution in [0.25, 0.3) is 0 Å². The molecule has 5 nitrogen and oxygen atoms in total. The summed E-state index contributed by atoms with van der Waals surface area (Å²) in [4.78, 5) is 3.82. The van der Waals surface area contributed by atoms with Crippen molar-refractivity contribution in [1.29, 1.82) is 0 Å². The number of thioether (sulfide) groups is 1. The molecule has 1 aliphatic heterocycles. The molecule has 1 aromatic rings. The average molecular weight is 248 g/mol. The Morgan fingerprint density at radius 3 is 3.13 bits per heavy atom. The lowest BCUT2D eigenvalue weighted by molar-refractivity contribution is 0.220. The molecule has 1 atom stereocenters. The maximum absolute atomic E-state index is 5.93. The van der Waals surface area contributed by atoms with Crippen LogP contribution in [0.2, 0.25) is 0 Å². The van der Waals surface area contributed by atoms with Crippen LogP contribution in [-0.2, 0) is 13.6 Å². The summed E-state index contributed by atoms with van der Waals surface area (Å²) in [5.74, 6) is 3.71. The summed E-state index contributed by atoms with van der Waals surface area (Å²) in [6, 6.07) is 0.439. The lowest BCUT2D eigenvalue weighted by Gasteiger charge is -2.32. The molecule has 0 N–H and O–H groups in total. The Bertz CT molecular complexity index is 318. The normalized spacial score (nSPS) is 23.2. The van der Waals surface area contributed by atoms with Gasteiger partial charge in [-0.2, -0.15) is 16.6 Å². The predicted octanol–water partition coefficient (Wildman–Crippen LogP) is 0.366. The van der Waals surface area contributed by atoms with Crippen LogP contribution >= 0.6 is 23.4 Å². The van der Waals surface area contributed by atoms with Gasteiger partial charge in [-0.05, 0) is 5.21 Å². The molecule has 2 rings (SSSR count). The number of hydrogen-bond donors (Lipinski definition) is 0. The smallest absolute Gasteiger partial charge is 0.188 e. The Morgan fingerprint density at radius 1 is 1.60 bits per heavy atom. The van der Waals surface area contributed by atoms with E-state index < -0.39 is 0 Å². The van der Waals surface area contributed by atoms with E-state index >= 15 is 0 Å². The van der Waals surface area contributed by atoms with E-state index in [1.54, 1.807) is 7.05 Å². The molecule has 0 saturated carbocycles. The van der Waals surface area contributed by atoms with E-state index in [0.29, 0.717) is 11.9 Å². The summed E-state index contributed by atoms with van der Waals surface area (Å²) < 4.78 is 0. The summed E-state index contributed by atoms with van der Waals surface area (Å²) in [6.45, 7) is 1.81. The van der Waals surface area contributed by atoms with E-state index in [-0.39, 0.29) is 0 Å². The number of tetrazole rings is 1. The van der Waals surface area contributed by atoms with Gasteiger partial charge >= 0.3 is 0 Å². The first-order chi connectivity index (χ1) is 7.29. The Kier molecular flexibility index (Phi) is 3.82. The zero-order valence-electron chi connectivity index (χ0n) is 8.64. The highest BCUT2D eigenvalue weighted by Crippen LogP contribution is 2.18. The fourth-order valence-electron chi connectivity index (χ4n) is 1.61. The van der Waals surface area contributed by atoms with Gasteiger partial charge in [0.2, 0.25) is 0 Å². The van der Waals surface area contributed by atoms with Crippen LogP contribution in [0.3, 0.4) is 0 Å². The van der Waals surface area contributed by atoms with Crippen molar-refractivity contribution in [3.05, 3.63) is 5.82 Å². The Morgan fingerprint density at radius 2 is 2.47 bits per heavy atom. The second kappa shape index (κ2) is 5.14. The first-order valence-corrected chi connectivity index (χ1v) is 6.59. The summed E-state index contributed by atoms with van der Waals surface area (Å²) in [5, 5.41) is 12.0. The molecule has 0 spiro atoms. The molecule has 1 aliphatic rings. The van der Waals surface area contributed by atoms with Gasteiger partial charge in [-0.25, -0.2) is 0 Å². The largest absolute Gasteiger partial charge is 0.290 e. The van der Waals surface area contributed by atoms with Crippen LogP contribution in [0.15, 0.2) is 0 Å². The van der Waals surface area contributed by atoms with Crippen LogP contribution in [0.5, 0.6) is 0 Å². The summed E-state index contributed by atoms with van der Waals surface area (Å²) in [6.07, 6.45) is 0. The lowest BCUT2D eigenvalue weighted by atomic mass is 10.3. The van der Waals surface area contributed by atoms with Crippen molar-refractivity contribution in [3.8, 4) is 0 Å². The van der Waals surface area contributed by atoms with E-state index in [4.69, 9.17) is 11.6 Å². The topological polar surface area (TPSA) is 46.8 Å². The molecule has 84 valence electrons. The highest BCUT2D eigenvalue weighted by atomic mass is 35.5. The molecular weight excluding hydrogens is 234 g/mol. The SMILES string of the molecule is Cn1nnc(CN2CCSCC2CCl)n1.